The summed E-state index contributed by atoms with van der Waals surface area (Å²) in [5.41, 5.74) is 2.35. The second-order valence-corrected chi connectivity index (χ2v) is 7.43. The number of benzene rings is 2. The summed E-state index contributed by atoms with van der Waals surface area (Å²) >= 11 is 0. The minimum Gasteiger partial charge on any atom is -0.331 e. The van der Waals surface area contributed by atoms with Crippen molar-refractivity contribution in [3.8, 4) is 0 Å². The SMILES string of the molecule is CCc1ccccc1NC(=O)C[NH+]1CCN(C(=O)Cc2ccccc2[N+](=O)[O-])CC1. The number of nitro benzene ring substituents is 1. The van der Waals surface area contributed by atoms with Gasteiger partial charge in [-0.15, -0.1) is 0 Å². The second-order valence-electron chi connectivity index (χ2n) is 7.43. The molecule has 2 N–H and O–H groups in total. The fourth-order valence-electron chi connectivity index (χ4n) is 3.73. The van der Waals surface area contributed by atoms with Crippen molar-refractivity contribution in [2.45, 2.75) is 19.8 Å². The molecule has 0 aliphatic carbocycles. The van der Waals surface area contributed by atoms with Gasteiger partial charge in [0, 0.05) is 17.3 Å². The highest BCUT2D eigenvalue weighted by molar-refractivity contribution is 5.92. The van der Waals surface area contributed by atoms with Gasteiger partial charge in [-0.3, -0.25) is 19.7 Å². The second kappa shape index (κ2) is 9.98. The Morgan fingerprint density at radius 3 is 2.37 bits per heavy atom. The van der Waals surface area contributed by atoms with E-state index in [1.807, 2.05) is 24.3 Å². The quantitative estimate of drug-likeness (QED) is 0.526. The van der Waals surface area contributed by atoms with Crippen molar-refractivity contribution in [1.82, 2.24) is 4.90 Å². The van der Waals surface area contributed by atoms with E-state index in [9.17, 15) is 19.7 Å². The Morgan fingerprint density at radius 1 is 1.07 bits per heavy atom. The summed E-state index contributed by atoms with van der Waals surface area (Å²) in [5.74, 6) is -0.157. The van der Waals surface area contributed by atoms with E-state index in [0.29, 0.717) is 38.3 Å². The van der Waals surface area contributed by atoms with Crippen molar-refractivity contribution in [2.24, 2.45) is 0 Å². The lowest BCUT2D eigenvalue weighted by Crippen LogP contribution is -3.15. The molecule has 0 atom stereocenters. The molecule has 1 aliphatic heterocycles. The van der Waals surface area contributed by atoms with Crippen molar-refractivity contribution in [3.63, 3.8) is 0 Å². The Labute approximate surface area is 175 Å². The van der Waals surface area contributed by atoms with E-state index in [1.165, 1.54) is 6.07 Å². The van der Waals surface area contributed by atoms with Gasteiger partial charge in [0.2, 0.25) is 5.91 Å². The summed E-state index contributed by atoms with van der Waals surface area (Å²) in [6.45, 7) is 4.82. The zero-order chi connectivity index (χ0) is 21.5. The lowest BCUT2D eigenvalue weighted by Gasteiger charge is -2.32. The molecule has 8 nitrogen and oxygen atoms in total. The molecule has 1 heterocycles. The van der Waals surface area contributed by atoms with Crippen LogP contribution in [0.3, 0.4) is 0 Å². The Hall–Kier alpha value is -3.26. The molecule has 0 bridgehead atoms. The zero-order valence-electron chi connectivity index (χ0n) is 17.1. The van der Waals surface area contributed by atoms with Crippen LogP contribution in [0.1, 0.15) is 18.1 Å². The molecule has 2 amide bonds. The van der Waals surface area contributed by atoms with Gasteiger partial charge in [-0.1, -0.05) is 43.3 Å². The third-order valence-electron chi connectivity index (χ3n) is 5.44. The highest BCUT2D eigenvalue weighted by Gasteiger charge is 2.26. The van der Waals surface area contributed by atoms with Gasteiger partial charge in [-0.05, 0) is 18.1 Å². The van der Waals surface area contributed by atoms with Crippen molar-refractivity contribution in [2.75, 3.05) is 38.0 Å². The van der Waals surface area contributed by atoms with E-state index in [2.05, 4.69) is 12.2 Å². The fraction of sp³-hybridized carbons (Fsp3) is 0.364. The normalized spacial score (nSPS) is 14.4. The third-order valence-corrected chi connectivity index (χ3v) is 5.44. The molecule has 0 aromatic heterocycles. The molecule has 0 saturated carbocycles. The van der Waals surface area contributed by atoms with E-state index < -0.39 is 4.92 Å². The molecular weight excluding hydrogens is 384 g/mol. The monoisotopic (exact) mass is 411 g/mol. The highest BCUT2D eigenvalue weighted by atomic mass is 16.6. The van der Waals surface area contributed by atoms with Crippen LogP contribution in [0.4, 0.5) is 11.4 Å². The van der Waals surface area contributed by atoms with Crippen molar-refractivity contribution >= 4 is 23.2 Å². The molecule has 8 heteroatoms. The molecule has 0 spiro atoms. The minimum absolute atomic E-state index is 0.0147. The molecule has 0 unspecified atom stereocenters. The number of anilines is 1. The molecule has 0 radical (unpaired) electrons. The van der Waals surface area contributed by atoms with E-state index in [1.54, 1.807) is 23.1 Å². The minimum atomic E-state index is -0.458. The van der Waals surface area contributed by atoms with Gasteiger partial charge in [0.15, 0.2) is 6.54 Å². The molecule has 3 rings (SSSR count). The summed E-state index contributed by atoms with van der Waals surface area (Å²) < 4.78 is 0. The Bertz CT molecular complexity index is 923. The number of rotatable bonds is 7. The van der Waals surface area contributed by atoms with Gasteiger partial charge >= 0.3 is 0 Å². The number of hydrogen-bond acceptors (Lipinski definition) is 4. The summed E-state index contributed by atoms with van der Waals surface area (Å²) in [7, 11) is 0. The summed E-state index contributed by atoms with van der Waals surface area (Å²) in [6.07, 6.45) is 0.866. The maximum Gasteiger partial charge on any atom is 0.279 e. The average Bonchev–Trinajstić information content (AvgIpc) is 2.74. The number of nitro groups is 1. The van der Waals surface area contributed by atoms with Crippen LogP contribution in [-0.4, -0.2) is 54.4 Å². The van der Waals surface area contributed by atoms with Crippen LogP contribution in [0.5, 0.6) is 0 Å². The first-order valence-electron chi connectivity index (χ1n) is 10.2. The van der Waals surface area contributed by atoms with Crippen LogP contribution in [0.2, 0.25) is 0 Å². The van der Waals surface area contributed by atoms with Gasteiger partial charge in [0.25, 0.3) is 11.6 Å². The van der Waals surface area contributed by atoms with Crippen molar-refractivity contribution < 1.29 is 19.4 Å². The number of nitrogens with one attached hydrogen (secondary N) is 2. The zero-order valence-corrected chi connectivity index (χ0v) is 17.1. The fourth-order valence-corrected chi connectivity index (χ4v) is 3.73. The molecule has 1 fully saturated rings. The number of para-hydroxylation sites is 2. The first kappa shape index (κ1) is 21.4. The Morgan fingerprint density at radius 2 is 1.70 bits per heavy atom. The van der Waals surface area contributed by atoms with E-state index in [-0.39, 0.29) is 23.9 Å². The van der Waals surface area contributed by atoms with Crippen LogP contribution in [0.15, 0.2) is 48.5 Å². The maximum atomic E-state index is 12.6. The molecule has 1 saturated heterocycles. The van der Waals surface area contributed by atoms with Crippen LogP contribution in [-0.2, 0) is 22.4 Å². The number of nitrogens with zero attached hydrogens (tertiary/aromatic N) is 2. The summed E-state index contributed by atoms with van der Waals surface area (Å²) in [5, 5.41) is 14.1. The topological polar surface area (TPSA) is 97.0 Å². The van der Waals surface area contributed by atoms with Gasteiger partial charge in [0.05, 0.1) is 37.5 Å². The Balaban J connectivity index is 1.49. The predicted molar refractivity (Wildman–Crippen MR) is 113 cm³/mol. The van der Waals surface area contributed by atoms with Gasteiger partial charge in [0.1, 0.15) is 0 Å². The standard InChI is InChI=1S/C22H26N4O4/c1-2-17-7-3-5-9-19(17)23-21(27)16-24-11-13-25(14-12-24)22(28)15-18-8-4-6-10-20(18)26(29)30/h3-10H,2,11-16H2,1H3,(H,23,27)/p+1. The smallest absolute Gasteiger partial charge is 0.279 e. The molecule has 2 aromatic rings. The number of carbonyl (C=O) groups excluding carboxylic acids is 2. The largest absolute Gasteiger partial charge is 0.331 e. The maximum absolute atomic E-state index is 12.6. The first-order valence-corrected chi connectivity index (χ1v) is 10.2. The van der Waals surface area contributed by atoms with Crippen LogP contribution < -0.4 is 10.2 Å². The molecule has 2 aromatic carbocycles. The van der Waals surface area contributed by atoms with Crippen molar-refractivity contribution in [3.05, 3.63) is 69.8 Å². The van der Waals surface area contributed by atoms with Gasteiger partial charge in [-0.25, -0.2) is 0 Å². The van der Waals surface area contributed by atoms with Crippen LogP contribution >= 0.6 is 0 Å². The van der Waals surface area contributed by atoms with Crippen molar-refractivity contribution in [1.29, 1.82) is 0 Å². The van der Waals surface area contributed by atoms with E-state index in [4.69, 9.17) is 0 Å². The molecule has 30 heavy (non-hydrogen) atoms. The Kier molecular flexibility index (Phi) is 7.13. The number of hydrogen-bond donors (Lipinski definition) is 2. The molecular formula is C22H27N4O4+. The lowest BCUT2D eigenvalue weighted by atomic mass is 10.1. The lowest BCUT2D eigenvalue weighted by molar-refractivity contribution is -0.895. The summed E-state index contributed by atoms with van der Waals surface area (Å²) in [4.78, 5) is 38.6. The number of carbonyl (C=O) groups is 2. The number of piperazine rings is 1. The van der Waals surface area contributed by atoms with E-state index >= 15 is 0 Å². The highest BCUT2D eigenvalue weighted by Crippen LogP contribution is 2.19. The third kappa shape index (κ3) is 5.42. The van der Waals surface area contributed by atoms with Gasteiger partial charge < -0.3 is 15.1 Å². The van der Waals surface area contributed by atoms with Crippen LogP contribution in [0.25, 0.3) is 0 Å². The average molecular weight is 411 g/mol. The predicted octanol–water partition coefficient (Wildman–Crippen LogP) is 1.07. The van der Waals surface area contributed by atoms with Gasteiger partial charge in [-0.2, -0.15) is 0 Å². The first-order chi connectivity index (χ1) is 14.5. The van der Waals surface area contributed by atoms with E-state index in [0.717, 1.165) is 22.6 Å². The molecule has 1 aliphatic rings. The summed E-state index contributed by atoms with van der Waals surface area (Å²) in [6, 6.07) is 14.1. The number of quaternary nitrogens is 1. The number of amides is 2. The molecule has 158 valence electrons. The van der Waals surface area contributed by atoms with Crippen LogP contribution in [0, 0.1) is 10.1 Å². The number of aryl methyl sites for hydroxylation is 1.